The lowest BCUT2D eigenvalue weighted by atomic mass is 9.48. The molecule has 0 saturated heterocycles. The van der Waals surface area contributed by atoms with Crippen LogP contribution in [0.3, 0.4) is 0 Å². The van der Waals surface area contributed by atoms with E-state index < -0.39 is 15.8 Å². The van der Waals surface area contributed by atoms with E-state index in [1.54, 1.807) is 6.08 Å². The molecular weight excluding hydrogens is 376 g/mol. The molecule has 4 rings (SSSR count). The van der Waals surface area contributed by atoms with Gasteiger partial charge in [-0.2, -0.15) is 0 Å². The Morgan fingerprint density at radius 3 is 2.64 bits per heavy atom. The van der Waals surface area contributed by atoms with Gasteiger partial charge in [-0.25, -0.2) is 8.42 Å². The van der Waals surface area contributed by atoms with Crippen LogP contribution in [0.4, 0.5) is 0 Å². The second kappa shape index (κ2) is 6.54. The third-order valence-electron chi connectivity index (χ3n) is 8.26. The van der Waals surface area contributed by atoms with Crippen molar-refractivity contribution in [2.24, 2.45) is 34.5 Å². The number of carbonyl (C=O) groups excluding carboxylic acids is 2. The van der Waals surface area contributed by atoms with Crippen molar-refractivity contribution in [1.82, 2.24) is 0 Å². The maximum Gasteiger partial charge on any atom is 0.310 e. The minimum Gasteiger partial charge on any atom is -0.449 e. The van der Waals surface area contributed by atoms with Crippen LogP contribution in [0.1, 0.15) is 52.4 Å². The summed E-state index contributed by atoms with van der Waals surface area (Å²) in [5.74, 6) is 0.494. The number of ketones is 1. The number of sulfone groups is 1. The predicted octanol–water partition coefficient (Wildman–Crippen LogP) is 3.46. The molecule has 0 aromatic heterocycles. The van der Waals surface area contributed by atoms with Crippen LogP contribution in [-0.2, 0) is 24.2 Å². The molecule has 28 heavy (non-hydrogen) atoms. The molecule has 0 spiro atoms. The Labute approximate surface area is 167 Å². The monoisotopic (exact) mass is 406 g/mol. The largest absolute Gasteiger partial charge is 0.449 e. The fourth-order valence-corrected chi connectivity index (χ4v) is 7.18. The summed E-state index contributed by atoms with van der Waals surface area (Å²) in [7, 11) is -3.33. The Balaban J connectivity index is 1.56. The fraction of sp³-hybridized carbons (Fsp3) is 0.727. The van der Waals surface area contributed by atoms with Crippen molar-refractivity contribution in [2.75, 3.05) is 12.2 Å². The van der Waals surface area contributed by atoms with E-state index in [1.165, 1.54) is 5.57 Å². The number of allylic oxidation sites excluding steroid dienone is 4. The van der Waals surface area contributed by atoms with Crippen molar-refractivity contribution >= 4 is 21.6 Å². The zero-order chi connectivity index (χ0) is 20.3. The third-order valence-corrected chi connectivity index (χ3v) is 8.80. The number of ether oxygens (including phenoxy) is 1. The van der Waals surface area contributed by atoms with Gasteiger partial charge in [-0.05, 0) is 73.8 Å². The van der Waals surface area contributed by atoms with Gasteiger partial charge in [0, 0.05) is 11.7 Å². The molecule has 0 aliphatic heterocycles. The highest BCUT2D eigenvalue weighted by Gasteiger charge is 2.60. The van der Waals surface area contributed by atoms with Crippen molar-refractivity contribution in [1.29, 1.82) is 0 Å². The average molecular weight is 407 g/mol. The molecule has 5 nitrogen and oxygen atoms in total. The molecule has 0 aromatic rings. The van der Waals surface area contributed by atoms with Crippen molar-refractivity contribution in [3.63, 3.8) is 0 Å². The predicted molar refractivity (Wildman–Crippen MR) is 106 cm³/mol. The van der Waals surface area contributed by atoms with Crippen LogP contribution >= 0.6 is 0 Å². The molecule has 0 radical (unpaired) electrons. The summed E-state index contributed by atoms with van der Waals surface area (Å²) in [6.45, 7) is 4.48. The van der Waals surface area contributed by atoms with Crippen LogP contribution in [0.2, 0.25) is 0 Å². The second-order valence-electron chi connectivity index (χ2n) is 9.78. The van der Waals surface area contributed by atoms with Gasteiger partial charge in [0.2, 0.25) is 0 Å². The Kier molecular flexibility index (Phi) is 4.64. The smallest absolute Gasteiger partial charge is 0.310 e. The van der Waals surface area contributed by atoms with Gasteiger partial charge in [0.25, 0.3) is 0 Å². The summed E-state index contributed by atoms with van der Waals surface area (Å²) in [5, 5.41) is 0. The molecule has 4 aliphatic rings. The fourth-order valence-electron chi connectivity index (χ4n) is 6.85. The van der Waals surface area contributed by atoms with Crippen LogP contribution in [0.15, 0.2) is 23.8 Å². The molecule has 0 bridgehead atoms. The van der Waals surface area contributed by atoms with Gasteiger partial charge in [0.15, 0.2) is 21.6 Å². The summed E-state index contributed by atoms with van der Waals surface area (Å²) >= 11 is 0. The average Bonchev–Trinajstić information content (AvgIpc) is 2.97. The van der Waals surface area contributed by atoms with Crippen LogP contribution < -0.4 is 0 Å². The van der Waals surface area contributed by atoms with Gasteiger partial charge in [-0.15, -0.1) is 0 Å². The van der Waals surface area contributed by atoms with Crippen LogP contribution in [0.5, 0.6) is 0 Å². The normalized spacial score (nSPS) is 42.2. The van der Waals surface area contributed by atoms with Crippen LogP contribution in [0, 0.1) is 34.5 Å². The SMILES string of the molecule is C[C@]12CC[C@H]3[C@@H](CCC4=CC(=O)C=C[C@@]43C)[C@@H]1CC[C@@H]2C(=O)OCS(C)(=O)=O. The molecule has 0 heterocycles. The number of rotatable bonds is 3. The number of esters is 1. The maximum atomic E-state index is 12.7. The molecule has 0 unspecified atom stereocenters. The molecule has 3 fully saturated rings. The first-order chi connectivity index (χ1) is 13.0. The summed E-state index contributed by atoms with van der Waals surface area (Å²) in [4.78, 5) is 24.5. The van der Waals surface area contributed by atoms with Crippen molar-refractivity contribution < 1.29 is 22.7 Å². The van der Waals surface area contributed by atoms with Crippen molar-refractivity contribution in [3.05, 3.63) is 23.8 Å². The second-order valence-corrected chi connectivity index (χ2v) is 11.9. The van der Waals surface area contributed by atoms with E-state index in [9.17, 15) is 18.0 Å². The van der Waals surface area contributed by atoms with E-state index in [4.69, 9.17) is 4.74 Å². The third kappa shape index (κ3) is 3.08. The number of hydrogen-bond donors (Lipinski definition) is 0. The first kappa shape index (κ1) is 19.9. The standard InChI is InChI=1S/C22H30O5S/c1-21-10-8-15(23)12-14(21)4-5-16-17-6-7-19(20(24)27-13-28(3,25)26)22(17,2)11-9-18(16)21/h8,10,12,16-19H,4-7,9,11,13H2,1-3H3/t16-,17-,18-,19+,21-,22-/m0/s1. The minimum atomic E-state index is -3.33. The van der Waals surface area contributed by atoms with Gasteiger partial charge in [-0.3, -0.25) is 9.59 Å². The molecular formula is C22H30O5S. The van der Waals surface area contributed by atoms with E-state index >= 15 is 0 Å². The van der Waals surface area contributed by atoms with Gasteiger partial charge in [0.1, 0.15) is 0 Å². The minimum absolute atomic E-state index is 0.0486. The molecule has 6 atom stereocenters. The quantitative estimate of drug-likeness (QED) is 0.671. The van der Waals surface area contributed by atoms with E-state index in [1.807, 2.05) is 6.08 Å². The highest BCUT2D eigenvalue weighted by Crippen LogP contribution is 2.66. The van der Waals surface area contributed by atoms with Crippen molar-refractivity contribution in [2.45, 2.75) is 52.4 Å². The number of carbonyl (C=O) groups is 2. The summed E-state index contributed by atoms with van der Waals surface area (Å²) in [5.41, 5.74) is 1.10. The van der Waals surface area contributed by atoms with E-state index in [0.717, 1.165) is 44.8 Å². The zero-order valence-corrected chi connectivity index (χ0v) is 17.8. The van der Waals surface area contributed by atoms with E-state index in [2.05, 4.69) is 19.9 Å². The summed E-state index contributed by atoms with van der Waals surface area (Å²) in [6, 6.07) is 0. The summed E-state index contributed by atoms with van der Waals surface area (Å²) < 4.78 is 27.9. The van der Waals surface area contributed by atoms with E-state index in [0.29, 0.717) is 17.8 Å². The Morgan fingerprint density at radius 2 is 1.93 bits per heavy atom. The Bertz CT molecular complexity index is 869. The molecule has 0 aromatic carbocycles. The van der Waals surface area contributed by atoms with Gasteiger partial charge < -0.3 is 4.74 Å². The van der Waals surface area contributed by atoms with E-state index in [-0.39, 0.29) is 28.5 Å². The lowest BCUT2D eigenvalue weighted by Crippen LogP contribution is -2.50. The highest BCUT2D eigenvalue weighted by atomic mass is 32.2. The maximum absolute atomic E-state index is 12.7. The molecule has 0 N–H and O–H groups in total. The lowest BCUT2D eigenvalue weighted by molar-refractivity contribution is -0.153. The number of fused-ring (bicyclic) bond motifs is 5. The van der Waals surface area contributed by atoms with Crippen molar-refractivity contribution in [3.8, 4) is 0 Å². The molecule has 0 amide bonds. The Hall–Kier alpha value is -1.43. The van der Waals surface area contributed by atoms with Crippen LogP contribution in [0.25, 0.3) is 0 Å². The molecule has 4 aliphatic carbocycles. The van der Waals surface area contributed by atoms with Gasteiger partial charge in [-0.1, -0.05) is 25.5 Å². The van der Waals surface area contributed by atoms with Crippen LogP contribution in [-0.4, -0.2) is 32.4 Å². The first-order valence-electron chi connectivity index (χ1n) is 10.3. The topological polar surface area (TPSA) is 77.5 Å². The molecule has 154 valence electrons. The zero-order valence-electron chi connectivity index (χ0n) is 16.9. The lowest BCUT2D eigenvalue weighted by Gasteiger charge is -2.56. The summed E-state index contributed by atoms with van der Waals surface area (Å²) in [6.07, 6.45) is 12.5. The van der Waals surface area contributed by atoms with Gasteiger partial charge in [0.05, 0.1) is 5.92 Å². The Morgan fingerprint density at radius 1 is 1.18 bits per heavy atom. The highest BCUT2D eigenvalue weighted by molar-refractivity contribution is 7.90. The number of hydrogen-bond acceptors (Lipinski definition) is 5. The molecule has 3 saturated carbocycles. The molecule has 6 heteroatoms. The first-order valence-corrected chi connectivity index (χ1v) is 12.4. The van der Waals surface area contributed by atoms with Gasteiger partial charge >= 0.3 is 5.97 Å².